The van der Waals surface area contributed by atoms with E-state index >= 15 is 0 Å². The number of ketones is 1. The summed E-state index contributed by atoms with van der Waals surface area (Å²) in [5.41, 5.74) is 0. The Balaban J connectivity index is 2.82. The minimum atomic E-state index is -1.95. The summed E-state index contributed by atoms with van der Waals surface area (Å²) in [6.07, 6.45) is 4.23. The van der Waals surface area contributed by atoms with Gasteiger partial charge in [-0.2, -0.15) is 0 Å². The number of hydrogen-bond donors (Lipinski definition) is 0. The largest absolute Gasteiger partial charge is 0.290 e. The Morgan fingerprint density at radius 1 is 1.44 bits per heavy atom. The fraction of sp³-hybridized carbons (Fsp3) is 0.167. The fourth-order valence-electron chi connectivity index (χ4n) is 0.498. The Hall–Kier alpha value is -0.630. The monoisotopic (exact) mass is 146 g/mol. The quantitative estimate of drug-likeness (QED) is 0.475. The number of allylic oxidation sites excluding steroid dienone is 4. The van der Waals surface area contributed by atoms with Gasteiger partial charge in [0.2, 0.25) is 5.13 Å². The van der Waals surface area contributed by atoms with Crippen LogP contribution in [0.1, 0.15) is 0 Å². The Kier molecular flexibility index (Phi) is 1.41. The van der Waals surface area contributed by atoms with Crippen LogP contribution < -0.4 is 0 Å². The lowest BCUT2D eigenvalue weighted by atomic mass is 10.2. The van der Waals surface area contributed by atoms with E-state index < -0.39 is 5.13 Å². The summed E-state index contributed by atoms with van der Waals surface area (Å²) in [7, 11) is 0. The van der Waals surface area contributed by atoms with Crippen LogP contribution in [0.2, 0.25) is 0 Å². The van der Waals surface area contributed by atoms with Gasteiger partial charge in [-0.3, -0.25) is 4.79 Å². The average Bonchev–Trinajstić information content (AvgIpc) is 1.78. The highest BCUT2D eigenvalue weighted by Gasteiger charge is 2.20. The highest BCUT2D eigenvalue weighted by atomic mass is 35.5. The maximum Gasteiger partial charge on any atom is 0.221 e. The van der Waals surface area contributed by atoms with Gasteiger partial charge in [0.25, 0.3) is 0 Å². The summed E-state index contributed by atoms with van der Waals surface area (Å²) in [5.74, 6) is -0.232. The molecule has 0 amide bonds. The molecule has 0 aromatic carbocycles. The minimum Gasteiger partial charge on any atom is -0.290 e. The summed E-state index contributed by atoms with van der Waals surface area (Å²) in [4.78, 5) is 10.4. The van der Waals surface area contributed by atoms with E-state index in [0.717, 1.165) is 24.3 Å². The summed E-state index contributed by atoms with van der Waals surface area (Å²) < 4.78 is 12.5. The van der Waals surface area contributed by atoms with Crippen molar-refractivity contribution in [3.8, 4) is 0 Å². The summed E-state index contributed by atoms with van der Waals surface area (Å²) in [6, 6.07) is 0. The summed E-state index contributed by atoms with van der Waals surface area (Å²) >= 11 is 5.14. The molecule has 0 aromatic heterocycles. The van der Waals surface area contributed by atoms with Crippen molar-refractivity contribution in [2.75, 3.05) is 0 Å². The molecule has 0 atom stereocenters. The molecule has 0 radical (unpaired) electrons. The molecule has 0 spiro atoms. The lowest BCUT2D eigenvalue weighted by molar-refractivity contribution is -0.110. The first-order chi connectivity index (χ1) is 4.10. The van der Waals surface area contributed by atoms with E-state index in [1.165, 1.54) is 0 Å². The predicted octanol–water partition coefficient (Wildman–Crippen LogP) is 1.59. The zero-order valence-corrected chi connectivity index (χ0v) is 5.23. The van der Waals surface area contributed by atoms with Crippen molar-refractivity contribution in [1.29, 1.82) is 0 Å². The van der Waals surface area contributed by atoms with Crippen molar-refractivity contribution in [2.45, 2.75) is 5.13 Å². The molecule has 1 nitrogen and oxygen atoms in total. The number of carbonyl (C=O) groups excluding carboxylic acids is 1. The number of halogens is 2. The fourth-order valence-corrected chi connectivity index (χ4v) is 0.624. The lowest BCUT2D eigenvalue weighted by Crippen LogP contribution is -2.10. The van der Waals surface area contributed by atoms with E-state index in [1.54, 1.807) is 0 Å². The van der Waals surface area contributed by atoms with Crippen LogP contribution in [0.3, 0.4) is 0 Å². The number of carbonyl (C=O) groups is 1. The molecule has 0 aliphatic heterocycles. The average molecular weight is 147 g/mol. The second kappa shape index (κ2) is 1.95. The van der Waals surface area contributed by atoms with E-state index in [9.17, 15) is 9.18 Å². The molecule has 9 heavy (non-hydrogen) atoms. The third-order valence-electron chi connectivity index (χ3n) is 0.940. The maximum atomic E-state index is 12.5. The molecule has 0 bridgehead atoms. The van der Waals surface area contributed by atoms with E-state index in [0.29, 0.717) is 0 Å². The molecule has 0 saturated heterocycles. The molecule has 0 saturated carbocycles. The second-order valence-electron chi connectivity index (χ2n) is 1.74. The van der Waals surface area contributed by atoms with Crippen LogP contribution in [-0.2, 0) is 4.79 Å². The predicted molar refractivity (Wildman–Crippen MR) is 33.0 cm³/mol. The molecule has 0 unspecified atom stereocenters. The minimum absolute atomic E-state index is 0.232. The SMILES string of the molecule is O=C1C=CC(F)(Cl)C=C1. The van der Waals surface area contributed by atoms with Gasteiger partial charge in [0.15, 0.2) is 5.78 Å². The van der Waals surface area contributed by atoms with Gasteiger partial charge in [-0.15, -0.1) is 0 Å². The normalized spacial score (nSPS) is 22.7. The molecule has 1 aliphatic carbocycles. The standard InChI is InChI=1S/C6H4ClFO/c7-6(8)3-1-5(9)2-4-6/h1-4H. The van der Waals surface area contributed by atoms with Crippen molar-refractivity contribution >= 4 is 17.4 Å². The highest BCUT2D eigenvalue weighted by Crippen LogP contribution is 2.22. The third kappa shape index (κ3) is 1.64. The van der Waals surface area contributed by atoms with Crippen LogP contribution in [0.4, 0.5) is 4.39 Å². The molecule has 1 rings (SSSR count). The molecule has 3 heteroatoms. The zero-order valence-electron chi connectivity index (χ0n) is 4.47. The van der Waals surface area contributed by atoms with Gasteiger partial charge in [-0.1, -0.05) is 11.6 Å². The van der Waals surface area contributed by atoms with Crippen LogP contribution in [0.5, 0.6) is 0 Å². The van der Waals surface area contributed by atoms with Gasteiger partial charge in [-0.05, 0) is 24.3 Å². The number of hydrogen-bond acceptors (Lipinski definition) is 1. The van der Waals surface area contributed by atoms with Crippen LogP contribution in [0.25, 0.3) is 0 Å². The molecule has 0 fully saturated rings. The van der Waals surface area contributed by atoms with E-state index in [4.69, 9.17) is 11.6 Å². The Morgan fingerprint density at radius 2 is 1.89 bits per heavy atom. The van der Waals surface area contributed by atoms with Crippen LogP contribution in [0.15, 0.2) is 24.3 Å². The van der Waals surface area contributed by atoms with Gasteiger partial charge in [-0.25, -0.2) is 4.39 Å². The van der Waals surface area contributed by atoms with E-state index in [-0.39, 0.29) is 5.78 Å². The second-order valence-corrected chi connectivity index (χ2v) is 2.32. The maximum absolute atomic E-state index is 12.5. The molecule has 0 heterocycles. The topological polar surface area (TPSA) is 17.1 Å². The van der Waals surface area contributed by atoms with Crippen LogP contribution >= 0.6 is 11.6 Å². The van der Waals surface area contributed by atoms with Crippen LogP contribution in [-0.4, -0.2) is 10.9 Å². The van der Waals surface area contributed by atoms with E-state index in [2.05, 4.69) is 0 Å². The first-order valence-corrected chi connectivity index (χ1v) is 2.78. The number of alkyl halides is 2. The van der Waals surface area contributed by atoms with Crippen molar-refractivity contribution in [2.24, 2.45) is 0 Å². The Labute approximate surface area is 56.8 Å². The van der Waals surface area contributed by atoms with Crippen molar-refractivity contribution in [3.63, 3.8) is 0 Å². The highest BCUT2D eigenvalue weighted by molar-refractivity contribution is 6.26. The summed E-state index contributed by atoms with van der Waals surface area (Å²) in [6.45, 7) is 0. The van der Waals surface area contributed by atoms with Gasteiger partial charge < -0.3 is 0 Å². The molecule has 48 valence electrons. The van der Waals surface area contributed by atoms with Crippen molar-refractivity contribution < 1.29 is 9.18 Å². The Morgan fingerprint density at radius 3 is 2.22 bits per heavy atom. The Bertz CT molecular complexity index is 175. The molecular weight excluding hydrogens is 143 g/mol. The third-order valence-corrected chi connectivity index (χ3v) is 1.19. The molecule has 0 aromatic rings. The van der Waals surface area contributed by atoms with Gasteiger partial charge in [0.05, 0.1) is 0 Å². The molecule has 0 N–H and O–H groups in total. The lowest BCUT2D eigenvalue weighted by Gasteiger charge is -2.08. The van der Waals surface area contributed by atoms with Gasteiger partial charge >= 0.3 is 0 Å². The van der Waals surface area contributed by atoms with Gasteiger partial charge in [0, 0.05) is 0 Å². The first-order valence-electron chi connectivity index (χ1n) is 2.40. The van der Waals surface area contributed by atoms with Gasteiger partial charge in [0.1, 0.15) is 0 Å². The smallest absolute Gasteiger partial charge is 0.221 e. The molecule has 1 aliphatic rings. The first kappa shape index (κ1) is 6.49. The number of rotatable bonds is 0. The van der Waals surface area contributed by atoms with E-state index in [1.807, 2.05) is 0 Å². The van der Waals surface area contributed by atoms with Crippen LogP contribution in [0, 0.1) is 0 Å². The molecular formula is C6H4ClFO. The van der Waals surface area contributed by atoms with Crippen molar-refractivity contribution in [3.05, 3.63) is 24.3 Å². The summed E-state index contributed by atoms with van der Waals surface area (Å²) in [5, 5.41) is -1.95. The van der Waals surface area contributed by atoms with Crippen molar-refractivity contribution in [1.82, 2.24) is 0 Å². The zero-order chi connectivity index (χ0) is 6.91.